The number of halogens is 1. The van der Waals surface area contributed by atoms with Crippen molar-refractivity contribution < 1.29 is 8.42 Å². The van der Waals surface area contributed by atoms with E-state index in [1.54, 1.807) is 0 Å². The van der Waals surface area contributed by atoms with Crippen molar-refractivity contribution in [2.75, 3.05) is 25.1 Å². The lowest BCUT2D eigenvalue weighted by atomic mass is 9.97. The molecule has 20 heavy (non-hydrogen) atoms. The Morgan fingerprint density at radius 1 is 1.30 bits per heavy atom. The lowest BCUT2D eigenvalue weighted by molar-refractivity contribution is 0.477. The maximum absolute atomic E-state index is 11.8. The van der Waals surface area contributed by atoms with Gasteiger partial charge in [-0.3, -0.25) is 0 Å². The third-order valence-corrected chi connectivity index (χ3v) is 5.38. The zero-order valence-corrected chi connectivity index (χ0v) is 13.8. The van der Waals surface area contributed by atoms with Crippen LogP contribution < -0.4 is 5.32 Å². The number of rotatable bonds is 9. The average Bonchev–Trinajstić information content (AvgIpc) is 2.36. The number of hydrogen-bond acceptors (Lipinski definition) is 3. The molecule has 0 amide bonds. The van der Waals surface area contributed by atoms with Gasteiger partial charge in [-0.2, -0.15) is 0 Å². The summed E-state index contributed by atoms with van der Waals surface area (Å²) in [6.45, 7) is 2.71. The van der Waals surface area contributed by atoms with E-state index in [2.05, 4.69) is 5.32 Å². The minimum absolute atomic E-state index is 0.272. The van der Waals surface area contributed by atoms with Gasteiger partial charge in [0, 0.05) is 10.8 Å². The van der Waals surface area contributed by atoms with Crippen LogP contribution in [-0.4, -0.2) is 33.5 Å². The maximum Gasteiger partial charge on any atom is 0.150 e. The van der Waals surface area contributed by atoms with Crippen LogP contribution in [0.15, 0.2) is 24.3 Å². The van der Waals surface area contributed by atoms with E-state index in [-0.39, 0.29) is 11.5 Å². The molecule has 0 aliphatic rings. The Hall–Kier alpha value is -0.580. The molecule has 0 saturated heterocycles. The summed E-state index contributed by atoms with van der Waals surface area (Å²) in [6, 6.07) is 7.77. The van der Waals surface area contributed by atoms with Crippen LogP contribution in [0.5, 0.6) is 0 Å². The van der Waals surface area contributed by atoms with Gasteiger partial charge in [-0.1, -0.05) is 30.7 Å². The van der Waals surface area contributed by atoms with E-state index in [1.807, 2.05) is 38.2 Å². The normalized spacial score (nSPS) is 13.3. The van der Waals surface area contributed by atoms with Crippen LogP contribution in [0.2, 0.25) is 5.02 Å². The molecule has 0 bridgehead atoms. The van der Waals surface area contributed by atoms with Gasteiger partial charge in [-0.05, 0) is 56.5 Å². The Balaban J connectivity index is 2.61. The molecule has 1 unspecified atom stereocenters. The minimum atomic E-state index is -2.90. The first-order chi connectivity index (χ1) is 9.46. The van der Waals surface area contributed by atoms with Crippen molar-refractivity contribution in [2.45, 2.75) is 26.2 Å². The van der Waals surface area contributed by atoms with Crippen molar-refractivity contribution >= 4 is 21.4 Å². The third kappa shape index (κ3) is 6.73. The van der Waals surface area contributed by atoms with Gasteiger partial charge in [0.25, 0.3) is 0 Å². The van der Waals surface area contributed by atoms with E-state index < -0.39 is 9.84 Å². The third-order valence-electron chi connectivity index (χ3n) is 3.26. The first-order valence-electron chi connectivity index (χ1n) is 7.06. The molecule has 1 atom stereocenters. The van der Waals surface area contributed by atoms with Crippen molar-refractivity contribution in [3.63, 3.8) is 0 Å². The standard InChI is InChI=1S/C15H24ClNO2S/c1-3-8-20(18,19)9-7-14(12-17-2)10-13-5-4-6-15(16)11-13/h4-6,11,14,17H,3,7-10,12H2,1-2H3. The quantitative estimate of drug-likeness (QED) is 0.761. The highest BCUT2D eigenvalue weighted by Crippen LogP contribution is 2.17. The van der Waals surface area contributed by atoms with Crippen molar-refractivity contribution in [2.24, 2.45) is 5.92 Å². The molecule has 5 heteroatoms. The monoisotopic (exact) mass is 317 g/mol. The second-order valence-corrected chi connectivity index (χ2v) is 7.94. The molecule has 0 radical (unpaired) electrons. The maximum atomic E-state index is 11.8. The fourth-order valence-electron chi connectivity index (χ4n) is 2.32. The van der Waals surface area contributed by atoms with E-state index in [9.17, 15) is 8.42 Å². The van der Waals surface area contributed by atoms with Crippen molar-refractivity contribution in [1.29, 1.82) is 0 Å². The molecule has 1 aromatic carbocycles. The summed E-state index contributed by atoms with van der Waals surface area (Å²) in [4.78, 5) is 0. The van der Waals surface area contributed by atoms with Crippen molar-refractivity contribution in [1.82, 2.24) is 5.32 Å². The smallest absolute Gasteiger partial charge is 0.150 e. The molecule has 0 aromatic heterocycles. The zero-order valence-electron chi connectivity index (χ0n) is 12.2. The largest absolute Gasteiger partial charge is 0.319 e. The highest BCUT2D eigenvalue weighted by Gasteiger charge is 2.15. The van der Waals surface area contributed by atoms with Gasteiger partial charge in [0.1, 0.15) is 9.84 Å². The van der Waals surface area contributed by atoms with Crippen LogP contribution in [-0.2, 0) is 16.3 Å². The highest BCUT2D eigenvalue weighted by atomic mass is 35.5. The Morgan fingerprint density at radius 3 is 2.65 bits per heavy atom. The summed E-state index contributed by atoms with van der Waals surface area (Å²) in [5.74, 6) is 0.870. The molecule has 1 N–H and O–H groups in total. The highest BCUT2D eigenvalue weighted by molar-refractivity contribution is 7.91. The molecule has 0 fully saturated rings. The molecule has 114 valence electrons. The van der Waals surface area contributed by atoms with Gasteiger partial charge >= 0.3 is 0 Å². The molecule has 3 nitrogen and oxygen atoms in total. The Kier molecular flexibility index (Phi) is 7.56. The van der Waals surface area contributed by atoms with E-state index in [1.165, 1.54) is 0 Å². The van der Waals surface area contributed by atoms with Gasteiger partial charge in [0.15, 0.2) is 0 Å². The van der Waals surface area contributed by atoms with Gasteiger partial charge in [-0.15, -0.1) is 0 Å². The van der Waals surface area contributed by atoms with E-state index in [4.69, 9.17) is 11.6 Å². The van der Waals surface area contributed by atoms with Crippen LogP contribution in [0.3, 0.4) is 0 Å². The summed E-state index contributed by atoms with van der Waals surface area (Å²) in [5.41, 5.74) is 1.16. The second-order valence-electron chi connectivity index (χ2n) is 5.20. The lowest BCUT2D eigenvalue weighted by Crippen LogP contribution is -2.24. The first kappa shape index (κ1) is 17.5. The summed E-state index contributed by atoms with van der Waals surface area (Å²) in [5, 5.41) is 3.87. The first-order valence-corrected chi connectivity index (χ1v) is 9.26. The second kappa shape index (κ2) is 8.65. The summed E-state index contributed by atoms with van der Waals surface area (Å²) >= 11 is 5.98. The predicted octanol–water partition coefficient (Wildman–Crippen LogP) is 2.93. The van der Waals surface area contributed by atoms with Crippen LogP contribution in [0, 0.1) is 5.92 Å². The van der Waals surface area contributed by atoms with Crippen LogP contribution in [0.1, 0.15) is 25.3 Å². The topological polar surface area (TPSA) is 46.2 Å². The average molecular weight is 318 g/mol. The lowest BCUT2D eigenvalue weighted by Gasteiger charge is -2.17. The molecule has 0 saturated carbocycles. The minimum Gasteiger partial charge on any atom is -0.319 e. The zero-order chi connectivity index (χ0) is 15.0. The van der Waals surface area contributed by atoms with Crippen molar-refractivity contribution in [3.05, 3.63) is 34.9 Å². The Morgan fingerprint density at radius 2 is 2.05 bits per heavy atom. The Bertz CT molecular complexity index is 502. The molecule has 0 aliphatic heterocycles. The van der Waals surface area contributed by atoms with E-state index in [0.717, 1.165) is 23.6 Å². The van der Waals surface area contributed by atoms with E-state index in [0.29, 0.717) is 18.8 Å². The molecule has 1 aromatic rings. The molecule has 0 spiro atoms. The van der Waals surface area contributed by atoms with Gasteiger partial charge in [0.05, 0.1) is 5.75 Å². The summed E-state index contributed by atoms with van der Waals surface area (Å²) in [7, 11) is -1.00. The van der Waals surface area contributed by atoms with Gasteiger partial charge in [0.2, 0.25) is 0 Å². The number of sulfone groups is 1. The number of nitrogens with one attached hydrogen (secondary N) is 1. The summed E-state index contributed by atoms with van der Waals surface area (Å²) in [6.07, 6.45) is 2.23. The fourth-order valence-corrected chi connectivity index (χ4v) is 4.05. The van der Waals surface area contributed by atoms with Crippen LogP contribution in [0.25, 0.3) is 0 Å². The molecular formula is C15H24ClNO2S. The number of benzene rings is 1. The Labute approximate surface area is 127 Å². The molecule has 1 rings (SSSR count). The van der Waals surface area contributed by atoms with E-state index >= 15 is 0 Å². The predicted molar refractivity (Wildman–Crippen MR) is 86.1 cm³/mol. The number of hydrogen-bond donors (Lipinski definition) is 1. The van der Waals surface area contributed by atoms with Gasteiger partial charge in [-0.25, -0.2) is 8.42 Å². The molecule has 0 heterocycles. The molecule has 0 aliphatic carbocycles. The molecular weight excluding hydrogens is 294 g/mol. The van der Waals surface area contributed by atoms with Gasteiger partial charge < -0.3 is 5.32 Å². The fraction of sp³-hybridized carbons (Fsp3) is 0.600. The van der Waals surface area contributed by atoms with Crippen LogP contribution in [0.4, 0.5) is 0 Å². The summed E-state index contributed by atoms with van der Waals surface area (Å²) < 4.78 is 23.6. The SMILES string of the molecule is CCCS(=O)(=O)CCC(CNC)Cc1cccc(Cl)c1. The van der Waals surface area contributed by atoms with Crippen molar-refractivity contribution in [3.8, 4) is 0 Å². The van der Waals surface area contributed by atoms with Crippen LogP contribution >= 0.6 is 11.6 Å².